The number of piperidine rings is 1. The topological polar surface area (TPSA) is 78.5 Å². The Morgan fingerprint density at radius 3 is 2.41 bits per heavy atom. The van der Waals surface area contributed by atoms with Crippen molar-refractivity contribution < 1.29 is 23.2 Å². The highest BCUT2D eigenvalue weighted by Crippen LogP contribution is 2.22. The Kier molecular flexibility index (Phi) is 9.04. The van der Waals surface area contributed by atoms with Gasteiger partial charge in [-0.1, -0.05) is 12.1 Å². The Labute approximate surface area is 202 Å². The first-order chi connectivity index (χ1) is 16.2. The van der Waals surface area contributed by atoms with Gasteiger partial charge in [-0.2, -0.15) is 0 Å². The number of amides is 3. The molecule has 1 unspecified atom stereocenters. The first-order valence-corrected chi connectivity index (χ1v) is 12.3. The van der Waals surface area contributed by atoms with Crippen LogP contribution in [0.3, 0.4) is 0 Å². The molecule has 182 valence electrons. The second-order valence-corrected chi connectivity index (χ2v) is 9.74. The molecule has 9 heteroatoms. The van der Waals surface area contributed by atoms with E-state index in [0.717, 1.165) is 0 Å². The average Bonchev–Trinajstić information content (AvgIpc) is 2.84. The van der Waals surface area contributed by atoms with Crippen LogP contribution < -0.4 is 10.6 Å². The van der Waals surface area contributed by atoms with E-state index in [4.69, 9.17) is 0 Å². The molecule has 1 fully saturated rings. The lowest BCUT2D eigenvalue weighted by Gasteiger charge is -2.33. The van der Waals surface area contributed by atoms with Gasteiger partial charge in [0.25, 0.3) is 0 Å². The Morgan fingerprint density at radius 2 is 1.76 bits per heavy atom. The fraction of sp³-hybridized carbons (Fsp3) is 0.400. The van der Waals surface area contributed by atoms with E-state index in [1.807, 2.05) is 0 Å². The predicted molar refractivity (Wildman–Crippen MR) is 129 cm³/mol. The molecule has 2 aromatic carbocycles. The maximum absolute atomic E-state index is 13.7. The number of hydrogen-bond acceptors (Lipinski definition) is 4. The highest BCUT2D eigenvalue weighted by atomic mass is 32.2. The minimum Gasteiger partial charge on any atom is -0.352 e. The Morgan fingerprint density at radius 1 is 1.09 bits per heavy atom. The number of likely N-dealkylation sites (tertiary alicyclic amines) is 1. The summed E-state index contributed by atoms with van der Waals surface area (Å²) in [6, 6.07) is 10.4. The molecule has 0 aliphatic carbocycles. The van der Waals surface area contributed by atoms with E-state index in [1.165, 1.54) is 42.1 Å². The SMILES string of the molecule is Cc1ccc(CNC(=O)C2CCN(C(=O)C(C)SCC(=O)Nc3ccc(F)cc3)CC2)cc1F. The zero-order chi connectivity index (χ0) is 24.7. The van der Waals surface area contributed by atoms with E-state index in [2.05, 4.69) is 10.6 Å². The van der Waals surface area contributed by atoms with Crippen LogP contribution in [0.15, 0.2) is 42.5 Å². The zero-order valence-electron chi connectivity index (χ0n) is 19.3. The molecule has 0 radical (unpaired) electrons. The molecule has 1 saturated heterocycles. The number of aryl methyl sites for hydroxylation is 1. The highest BCUT2D eigenvalue weighted by molar-refractivity contribution is 8.01. The largest absolute Gasteiger partial charge is 0.352 e. The third kappa shape index (κ3) is 7.28. The molecule has 3 rings (SSSR count). The molecular formula is C25H29F2N3O3S. The van der Waals surface area contributed by atoms with Crippen LogP contribution in [0.2, 0.25) is 0 Å². The molecule has 34 heavy (non-hydrogen) atoms. The van der Waals surface area contributed by atoms with Crippen LogP contribution in [-0.4, -0.2) is 46.7 Å². The summed E-state index contributed by atoms with van der Waals surface area (Å²) in [7, 11) is 0. The lowest BCUT2D eigenvalue weighted by molar-refractivity contribution is -0.135. The third-order valence-corrected chi connectivity index (χ3v) is 6.95. The van der Waals surface area contributed by atoms with Crippen LogP contribution >= 0.6 is 11.8 Å². The minimum absolute atomic E-state index is 0.0615. The molecular weight excluding hydrogens is 460 g/mol. The van der Waals surface area contributed by atoms with Gasteiger partial charge in [0.15, 0.2) is 0 Å². The number of nitrogens with zero attached hydrogens (tertiary/aromatic N) is 1. The van der Waals surface area contributed by atoms with Crippen LogP contribution in [0.1, 0.15) is 30.9 Å². The fourth-order valence-electron chi connectivity index (χ4n) is 3.70. The van der Waals surface area contributed by atoms with Gasteiger partial charge in [0.05, 0.1) is 11.0 Å². The highest BCUT2D eigenvalue weighted by Gasteiger charge is 2.29. The van der Waals surface area contributed by atoms with Gasteiger partial charge in [-0.05, 0) is 68.1 Å². The lowest BCUT2D eigenvalue weighted by atomic mass is 9.95. The van der Waals surface area contributed by atoms with Gasteiger partial charge in [-0.25, -0.2) is 8.78 Å². The summed E-state index contributed by atoms with van der Waals surface area (Å²) in [5.41, 5.74) is 1.77. The zero-order valence-corrected chi connectivity index (χ0v) is 20.1. The Balaban J connectivity index is 1.38. The quantitative estimate of drug-likeness (QED) is 0.590. The smallest absolute Gasteiger partial charge is 0.235 e. The lowest BCUT2D eigenvalue weighted by Crippen LogP contribution is -2.45. The second-order valence-electron chi connectivity index (χ2n) is 8.41. The molecule has 1 heterocycles. The van der Waals surface area contributed by atoms with Crippen molar-refractivity contribution in [1.82, 2.24) is 10.2 Å². The monoisotopic (exact) mass is 489 g/mol. The molecule has 0 aromatic heterocycles. The first-order valence-electron chi connectivity index (χ1n) is 11.2. The van der Waals surface area contributed by atoms with Gasteiger partial charge in [0.1, 0.15) is 11.6 Å². The molecule has 0 spiro atoms. The van der Waals surface area contributed by atoms with E-state index in [9.17, 15) is 23.2 Å². The average molecular weight is 490 g/mol. The molecule has 1 aliphatic rings. The number of benzene rings is 2. The molecule has 3 amide bonds. The van der Waals surface area contributed by atoms with E-state index >= 15 is 0 Å². The summed E-state index contributed by atoms with van der Waals surface area (Å²) in [5.74, 6) is -1.18. The van der Waals surface area contributed by atoms with Gasteiger partial charge in [-0.15, -0.1) is 11.8 Å². The molecule has 2 N–H and O–H groups in total. The molecule has 0 bridgehead atoms. The minimum atomic E-state index is -0.402. The fourth-order valence-corrected chi connectivity index (χ4v) is 4.47. The summed E-state index contributed by atoms with van der Waals surface area (Å²) in [4.78, 5) is 39.1. The van der Waals surface area contributed by atoms with Crippen molar-refractivity contribution in [2.24, 2.45) is 5.92 Å². The van der Waals surface area contributed by atoms with Gasteiger partial charge in [0.2, 0.25) is 17.7 Å². The van der Waals surface area contributed by atoms with E-state index in [1.54, 1.807) is 30.9 Å². The normalized spacial score (nSPS) is 15.0. The van der Waals surface area contributed by atoms with Gasteiger partial charge < -0.3 is 15.5 Å². The number of carbonyl (C=O) groups is 3. The maximum atomic E-state index is 13.7. The summed E-state index contributed by atoms with van der Waals surface area (Å²) < 4.78 is 26.6. The van der Waals surface area contributed by atoms with Crippen LogP contribution in [0.5, 0.6) is 0 Å². The van der Waals surface area contributed by atoms with Crippen LogP contribution in [0.25, 0.3) is 0 Å². The van der Waals surface area contributed by atoms with Crippen molar-refractivity contribution in [3.05, 3.63) is 65.2 Å². The van der Waals surface area contributed by atoms with E-state index in [0.29, 0.717) is 42.7 Å². The maximum Gasteiger partial charge on any atom is 0.235 e. The molecule has 1 aliphatic heterocycles. The number of rotatable bonds is 8. The second kappa shape index (κ2) is 12.0. The van der Waals surface area contributed by atoms with Gasteiger partial charge >= 0.3 is 0 Å². The predicted octanol–water partition coefficient (Wildman–Crippen LogP) is 3.89. The van der Waals surface area contributed by atoms with E-state index < -0.39 is 5.25 Å². The number of hydrogen-bond donors (Lipinski definition) is 2. The third-order valence-electron chi connectivity index (χ3n) is 5.82. The summed E-state index contributed by atoms with van der Waals surface area (Å²) in [5, 5.41) is 5.13. The van der Waals surface area contributed by atoms with E-state index in [-0.39, 0.29) is 47.6 Å². The van der Waals surface area contributed by atoms with Crippen LogP contribution in [0.4, 0.5) is 14.5 Å². The number of thioether (sulfide) groups is 1. The number of nitrogens with one attached hydrogen (secondary N) is 2. The van der Waals surface area contributed by atoms with Crippen molar-refractivity contribution in [3.63, 3.8) is 0 Å². The molecule has 6 nitrogen and oxygen atoms in total. The van der Waals surface area contributed by atoms with Crippen molar-refractivity contribution >= 4 is 35.2 Å². The number of anilines is 1. The molecule has 0 saturated carbocycles. The van der Waals surface area contributed by atoms with Crippen LogP contribution in [0, 0.1) is 24.5 Å². The number of halogens is 2. The molecule has 1 atom stereocenters. The standard InChI is InChI=1S/C25H29F2N3O3S/c1-16-3-4-18(13-22(16)27)14-28-24(32)19-9-11-30(12-10-19)25(33)17(2)34-15-23(31)29-21-7-5-20(26)6-8-21/h3-8,13,17,19H,9-12,14-15H2,1-2H3,(H,28,32)(H,29,31). The van der Waals surface area contributed by atoms with Crippen molar-refractivity contribution in [2.45, 2.75) is 38.5 Å². The van der Waals surface area contributed by atoms with Crippen molar-refractivity contribution in [3.8, 4) is 0 Å². The Hall–Kier alpha value is -2.94. The summed E-state index contributed by atoms with van der Waals surface area (Å²) in [6.45, 7) is 4.67. The summed E-state index contributed by atoms with van der Waals surface area (Å²) >= 11 is 1.24. The van der Waals surface area contributed by atoms with Gasteiger partial charge in [-0.3, -0.25) is 14.4 Å². The van der Waals surface area contributed by atoms with Crippen molar-refractivity contribution in [2.75, 3.05) is 24.2 Å². The first kappa shape index (κ1) is 25.7. The Bertz CT molecular complexity index is 1020. The number of carbonyl (C=O) groups excluding carboxylic acids is 3. The van der Waals surface area contributed by atoms with Crippen molar-refractivity contribution in [1.29, 1.82) is 0 Å². The summed E-state index contributed by atoms with van der Waals surface area (Å²) in [6.07, 6.45) is 1.12. The van der Waals surface area contributed by atoms with Gasteiger partial charge in [0, 0.05) is 31.2 Å². The van der Waals surface area contributed by atoms with Crippen LogP contribution in [-0.2, 0) is 20.9 Å². The molecule has 2 aromatic rings.